The summed E-state index contributed by atoms with van der Waals surface area (Å²) in [5, 5.41) is 1.94. The molecule has 16 heavy (non-hydrogen) atoms. The molecule has 0 nitrogen and oxygen atoms in total. The fourth-order valence-electron chi connectivity index (χ4n) is 1.34. The number of halogens is 4. The maximum Gasteiger partial charge on any atom is 0.128 e. The third-order valence-electron chi connectivity index (χ3n) is 2.11. The van der Waals surface area contributed by atoms with E-state index in [1.807, 2.05) is 11.4 Å². The number of hydrogen-bond donors (Lipinski definition) is 0. The third kappa shape index (κ3) is 2.62. The van der Waals surface area contributed by atoms with Gasteiger partial charge in [0.2, 0.25) is 0 Å². The molecule has 1 heterocycles. The Hall–Kier alpha value is -0.0100. The van der Waals surface area contributed by atoms with Gasteiger partial charge in [0, 0.05) is 5.56 Å². The van der Waals surface area contributed by atoms with Crippen molar-refractivity contribution in [1.29, 1.82) is 0 Å². The van der Waals surface area contributed by atoms with Crippen molar-refractivity contribution in [2.24, 2.45) is 0 Å². The first kappa shape index (κ1) is 12.4. The van der Waals surface area contributed by atoms with Crippen molar-refractivity contribution in [3.63, 3.8) is 0 Å². The van der Waals surface area contributed by atoms with Crippen molar-refractivity contribution < 1.29 is 8.78 Å². The van der Waals surface area contributed by atoms with Crippen LogP contribution in [0.15, 0.2) is 29.6 Å². The lowest BCUT2D eigenvalue weighted by molar-refractivity contribution is 0.588. The smallest absolute Gasteiger partial charge is 0.128 e. The Morgan fingerprint density at radius 2 is 2.00 bits per heavy atom. The second-order valence-electron chi connectivity index (χ2n) is 3.21. The highest BCUT2D eigenvalue weighted by Crippen LogP contribution is 2.35. The topological polar surface area (TPSA) is 0 Å². The molecule has 0 saturated carbocycles. The first-order valence-electron chi connectivity index (χ1n) is 4.41. The molecule has 0 bridgehead atoms. The van der Waals surface area contributed by atoms with Crippen molar-refractivity contribution in [2.45, 2.75) is 4.83 Å². The molecule has 1 atom stereocenters. The molecular weight excluding hydrogens is 409 g/mol. The standard InChI is InChI=1S/C11H6BrF2IS/c12-11(6-3-10(15)16-5-6)8-4-7(13)1-2-9(8)14/h1-5,11H. The lowest BCUT2D eigenvalue weighted by atomic mass is 10.1. The summed E-state index contributed by atoms with van der Waals surface area (Å²) >= 11 is 7.17. The van der Waals surface area contributed by atoms with Gasteiger partial charge in [-0.25, -0.2) is 8.78 Å². The molecule has 2 rings (SSSR count). The Labute approximate surface area is 118 Å². The molecule has 0 aliphatic heterocycles. The van der Waals surface area contributed by atoms with E-state index in [1.165, 1.54) is 6.07 Å². The van der Waals surface area contributed by atoms with Crippen LogP contribution in [0.1, 0.15) is 16.0 Å². The van der Waals surface area contributed by atoms with Crippen LogP contribution in [0, 0.1) is 14.5 Å². The molecule has 2 aromatic rings. The molecule has 84 valence electrons. The second-order valence-corrected chi connectivity index (χ2v) is 6.93. The molecule has 5 heteroatoms. The van der Waals surface area contributed by atoms with Gasteiger partial charge in [0.15, 0.2) is 0 Å². The van der Waals surface area contributed by atoms with Gasteiger partial charge in [-0.1, -0.05) is 15.9 Å². The zero-order chi connectivity index (χ0) is 11.7. The fourth-order valence-corrected chi connectivity index (χ4v) is 3.53. The molecule has 0 radical (unpaired) electrons. The van der Waals surface area contributed by atoms with Gasteiger partial charge in [0.25, 0.3) is 0 Å². The minimum Gasteiger partial charge on any atom is -0.207 e. The summed E-state index contributed by atoms with van der Waals surface area (Å²) < 4.78 is 27.7. The summed E-state index contributed by atoms with van der Waals surface area (Å²) in [6.45, 7) is 0. The number of benzene rings is 1. The molecule has 0 spiro atoms. The SMILES string of the molecule is Fc1ccc(F)c(C(Br)c2csc(I)c2)c1. The molecule has 0 fully saturated rings. The Morgan fingerprint density at radius 1 is 1.25 bits per heavy atom. The largest absolute Gasteiger partial charge is 0.207 e. The van der Waals surface area contributed by atoms with Gasteiger partial charge in [-0.15, -0.1) is 11.3 Å². The van der Waals surface area contributed by atoms with Crippen molar-refractivity contribution in [2.75, 3.05) is 0 Å². The predicted molar refractivity (Wildman–Crippen MR) is 74.2 cm³/mol. The maximum atomic E-state index is 13.5. The van der Waals surface area contributed by atoms with Crippen molar-refractivity contribution in [3.05, 3.63) is 55.3 Å². The zero-order valence-electron chi connectivity index (χ0n) is 7.88. The Morgan fingerprint density at radius 3 is 2.62 bits per heavy atom. The average Bonchev–Trinajstić information content (AvgIpc) is 2.67. The molecule has 0 amide bonds. The van der Waals surface area contributed by atoms with E-state index in [1.54, 1.807) is 11.3 Å². The van der Waals surface area contributed by atoms with Gasteiger partial charge >= 0.3 is 0 Å². The number of thiophene rings is 1. The van der Waals surface area contributed by atoms with E-state index in [2.05, 4.69) is 38.5 Å². The van der Waals surface area contributed by atoms with Crippen LogP contribution in [0.25, 0.3) is 0 Å². The van der Waals surface area contributed by atoms with E-state index in [9.17, 15) is 8.78 Å². The summed E-state index contributed by atoms with van der Waals surface area (Å²) in [6, 6.07) is 5.44. The third-order valence-corrected chi connectivity index (χ3v) is 4.94. The Balaban J connectivity index is 2.40. The van der Waals surface area contributed by atoms with Crippen molar-refractivity contribution >= 4 is 49.9 Å². The highest BCUT2D eigenvalue weighted by molar-refractivity contribution is 14.1. The zero-order valence-corrected chi connectivity index (χ0v) is 12.4. The Kier molecular flexibility index (Phi) is 3.97. The van der Waals surface area contributed by atoms with Crippen molar-refractivity contribution in [3.8, 4) is 0 Å². The van der Waals surface area contributed by atoms with Gasteiger partial charge in [0.1, 0.15) is 11.6 Å². The molecule has 0 N–H and O–H groups in total. The van der Waals surface area contributed by atoms with Crippen LogP contribution >= 0.6 is 49.9 Å². The van der Waals surface area contributed by atoms with Gasteiger partial charge < -0.3 is 0 Å². The van der Waals surface area contributed by atoms with Gasteiger partial charge in [-0.05, 0) is 57.8 Å². The summed E-state index contributed by atoms with van der Waals surface area (Å²) in [4.78, 5) is -0.303. The molecule has 0 aliphatic rings. The van der Waals surface area contributed by atoms with Crippen molar-refractivity contribution in [1.82, 2.24) is 0 Å². The average molecular weight is 415 g/mol. The highest BCUT2D eigenvalue weighted by Gasteiger charge is 2.16. The first-order valence-corrected chi connectivity index (χ1v) is 7.28. The monoisotopic (exact) mass is 414 g/mol. The molecule has 1 unspecified atom stereocenters. The molecule has 0 saturated heterocycles. The number of alkyl halides is 1. The van der Waals surface area contributed by atoms with Crippen LogP contribution in [0.3, 0.4) is 0 Å². The van der Waals surface area contributed by atoms with Crippen LogP contribution in [-0.4, -0.2) is 0 Å². The van der Waals surface area contributed by atoms with Gasteiger partial charge in [0.05, 0.1) is 7.71 Å². The van der Waals surface area contributed by atoms with Crippen LogP contribution in [0.5, 0.6) is 0 Å². The summed E-state index contributed by atoms with van der Waals surface area (Å²) in [6.07, 6.45) is 0. The first-order chi connectivity index (χ1) is 7.58. The van der Waals surface area contributed by atoms with Gasteiger partial charge in [-0.3, -0.25) is 0 Å². The van der Waals surface area contributed by atoms with E-state index in [0.717, 1.165) is 20.6 Å². The molecule has 1 aromatic heterocycles. The quantitative estimate of drug-likeness (QED) is 0.472. The van der Waals surface area contributed by atoms with E-state index < -0.39 is 11.6 Å². The minimum absolute atomic E-state index is 0.303. The van der Waals surface area contributed by atoms with E-state index in [-0.39, 0.29) is 4.83 Å². The van der Waals surface area contributed by atoms with Crippen LogP contribution in [0.4, 0.5) is 8.78 Å². The molecule has 1 aromatic carbocycles. The Bertz CT molecular complexity index is 512. The maximum absolute atomic E-state index is 13.5. The number of rotatable bonds is 2. The van der Waals surface area contributed by atoms with Crippen LogP contribution in [-0.2, 0) is 0 Å². The van der Waals surface area contributed by atoms with Crippen LogP contribution < -0.4 is 0 Å². The van der Waals surface area contributed by atoms with E-state index in [4.69, 9.17) is 0 Å². The predicted octanol–water partition coefficient (Wildman–Crippen LogP) is 5.12. The lowest BCUT2D eigenvalue weighted by Gasteiger charge is -2.09. The molecular formula is C11H6BrF2IS. The van der Waals surface area contributed by atoms with Gasteiger partial charge in [-0.2, -0.15) is 0 Å². The minimum atomic E-state index is -0.425. The van der Waals surface area contributed by atoms with Crippen LogP contribution in [0.2, 0.25) is 0 Å². The summed E-state index contributed by atoms with van der Waals surface area (Å²) in [5.74, 6) is -0.824. The number of hydrogen-bond acceptors (Lipinski definition) is 1. The normalized spacial score (nSPS) is 12.8. The summed E-state index contributed by atoms with van der Waals surface area (Å²) in [5.41, 5.74) is 1.27. The highest BCUT2D eigenvalue weighted by atomic mass is 127. The van der Waals surface area contributed by atoms with E-state index in [0.29, 0.717) is 5.56 Å². The second kappa shape index (κ2) is 5.10. The fraction of sp³-hybridized carbons (Fsp3) is 0.0909. The molecule has 0 aliphatic carbocycles. The van der Waals surface area contributed by atoms with E-state index >= 15 is 0 Å². The summed E-state index contributed by atoms with van der Waals surface area (Å²) in [7, 11) is 0. The lowest BCUT2D eigenvalue weighted by Crippen LogP contribution is -1.96.